The van der Waals surface area contributed by atoms with Gasteiger partial charge in [0.05, 0.1) is 5.39 Å². The number of hydrogen-bond donors (Lipinski definition) is 3. The number of hydrogen-bond acceptors (Lipinski definition) is 5. The van der Waals surface area contributed by atoms with Gasteiger partial charge in [0.2, 0.25) is 0 Å². The number of benzene rings is 1. The van der Waals surface area contributed by atoms with Crippen LogP contribution in [0.3, 0.4) is 0 Å². The molecule has 1 aromatic carbocycles. The number of amides is 1. The molecule has 3 aromatic heterocycles. The monoisotopic (exact) mass is 430 g/mol. The lowest BCUT2D eigenvalue weighted by molar-refractivity contribution is 0.0270. The molecule has 0 radical (unpaired) electrons. The third-order valence-electron chi connectivity index (χ3n) is 5.45. The number of fused-ring (bicyclic) bond motifs is 2. The van der Waals surface area contributed by atoms with Crippen molar-refractivity contribution in [2.45, 2.75) is 32.8 Å². The lowest BCUT2D eigenvalue weighted by Gasteiger charge is -2.29. The number of ether oxygens (including phenoxy) is 1. The first kappa shape index (κ1) is 20.1. The number of nitrogens with zero attached hydrogens (tertiary/aromatic N) is 3. The minimum Gasteiger partial charge on any atom is -0.444 e. The van der Waals surface area contributed by atoms with Crippen LogP contribution in [0.5, 0.6) is 0 Å². The second kappa shape index (κ2) is 7.71. The van der Waals surface area contributed by atoms with Gasteiger partial charge in [0.1, 0.15) is 23.4 Å². The van der Waals surface area contributed by atoms with E-state index >= 15 is 0 Å². The van der Waals surface area contributed by atoms with Crippen molar-refractivity contribution in [1.29, 1.82) is 0 Å². The molecule has 1 aliphatic heterocycles. The molecule has 0 unspecified atom stereocenters. The van der Waals surface area contributed by atoms with Crippen LogP contribution in [0, 0.1) is 0 Å². The van der Waals surface area contributed by atoms with Crippen molar-refractivity contribution in [2.24, 2.45) is 0 Å². The molecule has 0 spiro atoms. The molecule has 1 amide bonds. The number of rotatable bonds is 3. The summed E-state index contributed by atoms with van der Waals surface area (Å²) in [5.41, 5.74) is 4.49. The predicted octanol–water partition coefficient (Wildman–Crippen LogP) is 5.21. The zero-order chi connectivity index (χ0) is 22.3. The predicted molar refractivity (Wildman–Crippen MR) is 126 cm³/mol. The Balaban J connectivity index is 1.37. The third kappa shape index (κ3) is 4.03. The molecule has 4 heterocycles. The fourth-order valence-electron chi connectivity index (χ4n) is 3.89. The maximum Gasteiger partial charge on any atom is 0.410 e. The Morgan fingerprint density at radius 3 is 2.84 bits per heavy atom. The molecule has 0 atom stereocenters. The van der Waals surface area contributed by atoms with Crippen molar-refractivity contribution >= 4 is 45.1 Å². The zero-order valence-electron chi connectivity index (χ0n) is 18.4. The van der Waals surface area contributed by atoms with Crippen molar-refractivity contribution in [2.75, 3.05) is 18.4 Å². The standard InChI is InChI=1S/C24H26N6O2/c1-24(2,3)32-23(31)30-10-7-15(8-11-30)20-13-18-21(26-14-27-22(18)29-20)28-17-4-5-19-16(12-17)6-9-25-19/h4-7,9,12-14,25H,8,10-11H2,1-3H3,(H2,26,27,28,29). The number of H-pyrrole nitrogens is 2. The lowest BCUT2D eigenvalue weighted by atomic mass is 10.1. The van der Waals surface area contributed by atoms with Crippen LogP contribution in [0.4, 0.5) is 16.3 Å². The molecule has 0 saturated heterocycles. The van der Waals surface area contributed by atoms with Crippen LogP contribution in [0.2, 0.25) is 0 Å². The first-order valence-electron chi connectivity index (χ1n) is 10.7. The molecule has 164 valence electrons. The number of anilines is 2. The van der Waals surface area contributed by atoms with Crippen molar-refractivity contribution < 1.29 is 9.53 Å². The maximum absolute atomic E-state index is 12.3. The Kier molecular flexibility index (Phi) is 4.84. The van der Waals surface area contributed by atoms with Gasteiger partial charge in [-0.2, -0.15) is 0 Å². The van der Waals surface area contributed by atoms with E-state index in [1.165, 1.54) is 0 Å². The van der Waals surface area contributed by atoms with Crippen LogP contribution in [0.25, 0.3) is 27.5 Å². The van der Waals surface area contributed by atoms with Crippen molar-refractivity contribution in [3.8, 4) is 0 Å². The molecular formula is C24H26N6O2. The fraction of sp³-hybridized carbons (Fsp3) is 0.292. The van der Waals surface area contributed by atoms with E-state index < -0.39 is 5.60 Å². The van der Waals surface area contributed by atoms with E-state index in [2.05, 4.69) is 43.5 Å². The molecule has 0 bridgehead atoms. The summed E-state index contributed by atoms with van der Waals surface area (Å²) < 4.78 is 5.48. The Labute approximate surface area is 185 Å². The highest BCUT2D eigenvalue weighted by Crippen LogP contribution is 2.30. The van der Waals surface area contributed by atoms with Crippen molar-refractivity contribution in [3.63, 3.8) is 0 Å². The van der Waals surface area contributed by atoms with E-state index in [1.807, 2.05) is 45.2 Å². The van der Waals surface area contributed by atoms with Gasteiger partial charge in [-0.15, -0.1) is 0 Å². The summed E-state index contributed by atoms with van der Waals surface area (Å²) in [6, 6.07) is 10.3. The third-order valence-corrected chi connectivity index (χ3v) is 5.45. The highest BCUT2D eigenvalue weighted by molar-refractivity contribution is 5.93. The molecule has 0 saturated carbocycles. The lowest BCUT2D eigenvalue weighted by Crippen LogP contribution is -2.39. The Morgan fingerprint density at radius 2 is 2.06 bits per heavy atom. The van der Waals surface area contributed by atoms with Gasteiger partial charge < -0.3 is 24.9 Å². The molecule has 8 nitrogen and oxygen atoms in total. The number of carbonyl (C=O) groups excluding carboxylic acids is 1. The SMILES string of the molecule is CC(C)(C)OC(=O)N1CC=C(c2cc3c(Nc4ccc5[nH]ccc5c4)ncnc3[nH]2)CC1. The summed E-state index contributed by atoms with van der Waals surface area (Å²) in [6.07, 6.45) is 6.02. The number of aromatic nitrogens is 4. The van der Waals surface area contributed by atoms with Crippen LogP contribution < -0.4 is 5.32 Å². The van der Waals surface area contributed by atoms with E-state index in [1.54, 1.807) is 11.2 Å². The molecule has 32 heavy (non-hydrogen) atoms. The highest BCUT2D eigenvalue weighted by Gasteiger charge is 2.24. The van der Waals surface area contributed by atoms with E-state index in [0.717, 1.165) is 51.1 Å². The summed E-state index contributed by atoms with van der Waals surface area (Å²) in [4.78, 5) is 29.5. The molecule has 0 fully saturated rings. The first-order chi connectivity index (χ1) is 15.4. The Bertz CT molecular complexity index is 1330. The van der Waals surface area contributed by atoms with Crippen LogP contribution in [0.15, 0.2) is 48.9 Å². The van der Waals surface area contributed by atoms with Crippen LogP contribution in [-0.2, 0) is 4.74 Å². The summed E-state index contributed by atoms with van der Waals surface area (Å²) in [6.45, 7) is 6.77. The topological polar surface area (TPSA) is 98.9 Å². The van der Waals surface area contributed by atoms with Gasteiger partial charge in [0.15, 0.2) is 0 Å². The van der Waals surface area contributed by atoms with E-state index in [9.17, 15) is 4.79 Å². The highest BCUT2D eigenvalue weighted by atomic mass is 16.6. The average molecular weight is 431 g/mol. The van der Waals surface area contributed by atoms with Crippen LogP contribution >= 0.6 is 0 Å². The van der Waals surface area contributed by atoms with Crippen molar-refractivity contribution in [3.05, 3.63) is 54.6 Å². The summed E-state index contributed by atoms with van der Waals surface area (Å²) in [5, 5.41) is 5.47. The summed E-state index contributed by atoms with van der Waals surface area (Å²) in [5.74, 6) is 0.749. The molecule has 4 aromatic rings. The minimum atomic E-state index is -0.494. The molecule has 5 rings (SSSR count). The van der Waals surface area contributed by atoms with Crippen LogP contribution in [0.1, 0.15) is 32.9 Å². The summed E-state index contributed by atoms with van der Waals surface area (Å²) in [7, 11) is 0. The largest absolute Gasteiger partial charge is 0.444 e. The van der Waals surface area contributed by atoms with Gasteiger partial charge in [-0.25, -0.2) is 14.8 Å². The maximum atomic E-state index is 12.3. The number of aromatic amines is 2. The minimum absolute atomic E-state index is 0.277. The quantitative estimate of drug-likeness (QED) is 0.415. The van der Waals surface area contributed by atoms with Crippen molar-refractivity contribution in [1.82, 2.24) is 24.8 Å². The van der Waals surface area contributed by atoms with Gasteiger partial charge in [0.25, 0.3) is 0 Å². The van der Waals surface area contributed by atoms with Gasteiger partial charge >= 0.3 is 6.09 Å². The second-order valence-corrected chi connectivity index (χ2v) is 8.98. The second-order valence-electron chi connectivity index (χ2n) is 8.98. The summed E-state index contributed by atoms with van der Waals surface area (Å²) >= 11 is 0. The van der Waals surface area contributed by atoms with Gasteiger partial charge in [-0.1, -0.05) is 6.08 Å². The molecule has 3 N–H and O–H groups in total. The van der Waals surface area contributed by atoms with Gasteiger partial charge in [0, 0.05) is 41.6 Å². The number of nitrogens with one attached hydrogen (secondary N) is 3. The fourth-order valence-corrected chi connectivity index (χ4v) is 3.89. The van der Waals surface area contributed by atoms with E-state index in [4.69, 9.17) is 4.74 Å². The smallest absolute Gasteiger partial charge is 0.410 e. The average Bonchev–Trinajstić information content (AvgIpc) is 3.40. The Hall–Kier alpha value is -3.81. The number of carbonyl (C=O) groups is 1. The first-order valence-corrected chi connectivity index (χ1v) is 10.7. The van der Waals surface area contributed by atoms with Gasteiger partial charge in [-0.05, 0) is 63.1 Å². The molecular weight excluding hydrogens is 404 g/mol. The van der Waals surface area contributed by atoms with Crippen LogP contribution in [-0.4, -0.2) is 49.6 Å². The zero-order valence-corrected chi connectivity index (χ0v) is 18.4. The van der Waals surface area contributed by atoms with E-state index in [-0.39, 0.29) is 6.09 Å². The molecule has 8 heteroatoms. The molecule has 0 aliphatic carbocycles. The molecule has 1 aliphatic rings. The normalized spacial score (nSPS) is 14.6. The Morgan fingerprint density at radius 1 is 1.19 bits per heavy atom. The van der Waals surface area contributed by atoms with E-state index in [0.29, 0.717) is 13.1 Å². The van der Waals surface area contributed by atoms with Gasteiger partial charge in [-0.3, -0.25) is 0 Å².